The van der Waals surface area contributed by atoms with E-state index in [1.54, 1.807) is 73.1 Å². The Morgan fingerprint density at radius 2 is 1.69 bits per heavy atom. The average molecular weight is 570 g/mol. The molecule has 0 bridgehead atoms. The number of methoxy groups -OCH3 is 2. The summed E-state index contributed by atoms with van der Waals surface area (Å²) in [5, 5.41) is 19.7. The van der Waals surface area contributed by atoms with Gasteiger partial charge < -0.3 is 33.9 Å². The predicted octanol–water partition coefficient (Wildman–Crippen LogP) is 5.48. The van der Waals surface area contributed by atoms with Crippen molar-refractivity contribution in [3.05, 3.63) is 101 Å². The van der Waals surface area contributed by atoms with Crippen LogP contribution in [0.5, 0.6) is 28.7 Å². The molecule has 2 heterocycles. The zero-order valence-corrected chi connectivity index (χ0v) is 22.8. The standard InChI is InChI=1S/C32H27NO9/c1-38-23-7-8-26(28(14-23)40-17-19-5-3-4-6-25(19)32(36)37)24-9-10-33-16-22(24)12-21(31(34)35)11-20-13-29-30(42-18-41-29)15-27(20)39-2/h3-10,12-16H,11,17-18H2,1-2H3,(H,34,35)(H,36,37). The number of aliphatic carboxylic acids is 1. The quantitative estimate of drug-likeness (QED) is 0.224. The van der Waals surface area contributed by atoms with E-state index in [1.807, 2.05) is 0 Å². The van der Waals surface area contributed by atoms with Crippen molar-refractivity contribution in [2.24, 2.45) is 0 Å². The first-order valence-corrected chi connectivity index (χ1v) is 12.8. The minimum absolute atomic E-state index is 0.0107. The van der Waals surface area contributed by atoms with E-state index in [4.69, 9.17) is 23.7 Å². The van der Waals surface area contributed by atoms with E-state index in [-0.39, 0.29) is 31.0 Å². The molecule has 214 valence electrons. The number of carboxylic acids is 2. The van der Waals surface area contributed by atoms with Crippen LogP contribution in [0.4, 0.5) is 0 Å². The highest BCUT2D eigenvalue weighted by Gasteiger charge is 2.21. The van der Waals surface area contributed by atoms with Gasteiger partial charge in [0.2, 0.25) is 6.79 Å². The third kappa shape index (κ3) is 5.97. The molecular weight excluding hydrogens is 542 g/mol. The molecule has 4 aromatic rings. The molecule has 2 N–H and O–H groups in total. The molecule has 1 aromatic heterocycles. The zero-order valence-electron chi connectivity index (χ0n) is 22.8. The first-order valence-electron chi connectivity index (χ1n) is 12.8. The van der Waals surface area contributed by atoms with Gasteiger partial charge in [-0.25, -0.2) is 9.59 Å². The molecule has 0 radical (unpaired) electrons. The van der Waals surface area contributed by atoms with Crippen LogP contribution in [0.1, 0.15) is 27.0 Å². The van der Waals surface area contributed by atoms with E-state index in [0.29, 0.717) is 56.6 Å². The van der Waals surface area contributed by atoms with Gasteiger partial charge in [-0.05, 0) is 42.0 Å². The molecule has 0 saturated carbocycles. The SMILES string of the molecule is COc1ccc(-c2ccncc2C=C(Cc2cc3c(cc2OC)OCO3)C(=O)O)c(OCc2ccccc2C(=O)O)c1. The molecule has 0 fully saturated rings. The molecule has 10 nitrogen and oxygen atoms in total. The van der Waals surface area contributed by atoms with Crippen LogP contribution in [-0.4, -0.2) is 48.1 Å². The maximum Gasteiger partial charge on any atom is 0.336 e. The highest BCUT2D eigenvalue weighted by Crippen LogP contribution is 2.40. The van der Waals surface area contributed by atoms with E-state index >= 15 is 0 Å². The number of carbonyl (C=O) groups is 2. The van der Waals surface area contributed by atoms with Gasteiger partial charge in [0.05, 0.1) is 19.8 Å². The molecule has 42 heavy (non-hydrogen) atoms. The van der Waals surface area contributed by atoms with Gasteiger partial charge in [0.15, 0.2) is 11.5 Å². The van der Waals surface area contributed by atoms with Gasteiger partial charge in [0.25, 0.3) is 0 Å². The Morgan fingerprint density at radius 3 is 2.43 bits per heavy atom. The van der Waals surface area contributed by atoms with E-state index in [0.717, 1.165) is 0 Å². The van der Waals surface area contributed by atoms with Gasteiger partial charge in [-0.15, -0.1) is 0 Å². The summed E-state index contributed by atoms with van der Waals surface area (Å²) in [7, 11) is 3.03. The van der Waals surface area contributed by atoms with Crippen molar-refractivity contribution in [2.75, 3.05) is 21.0 Å². The Labute approximate surface area is 241 Å². The number of rotatable bonds is 11. The number of ether oxygens (including phenoxy) is 5. The maximum absolute atomic E-state index is 12.4. The fourth-order valence-electron chi connectivity index (χ4n) is 4.62. The summed E-state index contributed by atoms with van der Waals surface area (Å²) in [6.07, 6.45) is 4.77. The lowest BCUT2D eigenvalue weighted by Crippen LogP contribution is -2.06. The number of fused-ring (bicyclic) bond motifs is 1. The third-order valence-corrected chi connectivity index (χ3v) is 6.72. The first kappa shape index (κ1) is 28.0. The van der Waals surface area contributed by atoms with Gasteiger partial charge in [-0.2, -0.15) is 0 Å². The molecule has 0 spiro atoms. The lowest BCUT2D eigenvalue weighted by Gasteiger charge is -2.16. The van der Waals surface area contributed by atoms with Gasteiger partial charge in [0, 0.05) is 58.8 Å². The molecule has 0 aliphatic carbocycles. The Kier molecular flexibility index (Phi) is 8.24. The van der Waals surface area contributed by atoms with E-state index in [9.17, 15) is 19.8 Å². The second-order valence-corrected chi connectivity index (χ2v) is 9.24. The summed E-state index contributed by atoms with van der Waals surface area (Å²) >= 11 is 0. The zero-order chi connectivity index (χ0) is 29.6. The van der Waals surface area contributed by atoms with Crippen molar-refractivity contribution in [1.29, 1.82) is 0 Å². The Morgan fingerprint density at radius 1 is 0.905 bits per heavy atom. The van der Waals surface area contributed by atoms with Gasteiger partial charge >= 0.3 is 11.9 Å². The highest BCUT2D eigenvalue weighted by atomic mass is 16.7. The third-order valence-electron chi connectivity index (χ3n) is 6.72. The summed E-state index contributed by atoms with van der Waals surface area (Å²) < 4.78 is 27.9. The molecule has 1 aliphatic heterocycles. The average Bonchev–Trinajstić information content (AvgIpc) is 3.46. The summed E-state index contributed by atoms with van der Waals surface area (Å²) in [6.45, 7) is 0.0694. The molecule has 5 rings (SSSR count). The van der Waals surface area contributed by atoms with Crippen molar-refractivity contribution >= 4 is 18.0 Å². The molecule has 0 atom stereocenters. The number of hydrogen-bond acceptors (Lipinski definition) is 8. The highest BCUT2D eigenvalue weighted by molar-refractivity contribution is 5.95. The normalized spacial score (nSPS) is 12.1. The molecule has 1 aliphatic rings. The van der Waals surface area contributed by atoms with Crippen molar-refractivity contribution in [2.45, 2.75) is 13.0 Å². The van der Waals surface area contributed by atoms with Crippen LogP contribution in [0.2, 0.25) is 0 Å². The van der Waals surface area contributed by atoms with Crippen LogP contribution >= 0.6 is 0 Å². The van der Waals surface area contributed by atoms with E-state index in [2.05, 4.69) is 4.98 Å². The van der Waals surface area contributed by atoms with Crippen molar-refractivity contribution in [3.8, 4) is 39.9 Å². The largest absolute Gasteiger partial charge is 0.497 e. The van der Waals surface area contributed by atoms with Gasteiger partial charge in [-0.3, -0.25) is 4.98 Å². The van der Waals surface area contributed by atoms with Crippen LogP contribution in [0.3, 0.4) is 0 Å². The molecule has 0 saturated heterocycles. The van der Waals surface area contributed by atoms with E-state index in [1.165, 1.54) is 20.3 Å². The molecule has 0 unspecified atom stereocenters. The second-order valence-electron chi connectivity index (χ2n) is 9.24. The number of aromatic nitrogens is 1. The fraction of sp³-hybridized carbons (Fsp3) is 0.156. The summed E-state index contributed by atoms with van der Waals surface area (Å²) in [5.74, 6) is 0.316. The van der Waals surface area contributed by atoms with Crippen LogP contribution in [0.25, 0.3) is 17.2 Å². The van der Waals surface area contributed by atoms with Crippen molar-refractivity contribution in [3.63, 3.8) is 0 Å². The summed E-state index contributed by atoms with van der Waals surface area (Å²) in [6, 6.07) is 17.0. The van der Waals surface area contributed by atoms with Crippen molar-refractivity contribution in [1.82, 2.24) is 4.98 Å². The smallest absolute Gasteiger partial charge is 0.336 e. The second kappa shape index (κ2) is 12.3. The number of benzene rings is 3. The Balaban J connectivity index is 1.52. The molecular formula is C32H27NO9. The molecule has 0 amide bonds. The Hall–Kier alpha value is -5.51. The maximum atomic E-state index is 12.4. The predicted molar refractivity (Wildman–Crippen MR) is 152 cm³/mol. The minimum atomic E-state index is -1.11. The summed E-state index contributed by atoms with van der Waals surface area (Å²) in [4.78, 5) is 28.3. The van der Waals surface area contributed by atoms with Crippen LogP contribution in [-0.2, 0) is 17.8 Å². The van der Waals surface area contributed by atoms with Gasteiger partial charge in [-0.1, -0.05) is 18.2 Å². The number of pyridine rings is 1. The number of carboxylic acid groups (broad SMARTS) is 2. The number of nitrogens with zero attached hydrogens (tertiary/aromatic N) is 1. The number of aromatic carboxylic acids is 1. The lowest BCUT2D eigenvalue weighted by molar-refractivity contribution is -0.132. The van der Waals surface area contributed by atoms with Gasteiger partial charge in [0.1, 0.15) is 23.9 Å². The van der Waals surface area contributed by atoms with E-state index < -0.39 is 11.9 Å². The first-order chi connectivity index (χ1) is 20.4. The van der Waals surface area contributed by atoms with Crippen LogP contribution in [0.15, 0.2) is 78.6 Å². The van der Waals surface area contributed by atoms with Crippen LogP contribution in [0, 0.1) is 0 Å². The topological polar surface area (TPSA) is 134 Å². The van der Waals surface area contributed by atoms with Crippen molar-refractivity contribution < 1.29 is 43.5 Å². The summed E-state index contributed by atoms with van der Waals surface area (Å²) in [5.41, 5.74) is 3.18. The number of hydrogen-bond donors (Lipinski definition) is 2. The minimum Gasteiger partial charge on any atom is -0.497 e. The molecule has 3 aromatic carbocycles. The Bertz CT molecular complexity index is 1680. The lowest BCUT2D eigenvalue weighted by atomic mass is 9.96. The monoisotopic (exact) mass is 569 g/mol. The fourth-order valence-corrected chi connectivity index (χ4v) is 4.62. The van der Waals surface area contributed by atoms with Crippen LogP contribution < -0.4 is 23.7 Å². The molecule has 10 heteroatoms.